The summed E-state index contributed by atoms with van der Waals surface area (Å²) in [4.78, 5) is 6.79. The fourth-order valence-electron chi connectivity index (χ4n) is 3.53. The third-order valence-electron chi connectivity index (χ3n) is 5.06. The highest BCUT2D eigenvalue weighted by Gasteiger charge is 2.36. The summed E-state index contributed by atoms with van der Waals surface area (Å²) in [6, 6.07) is 23.3. The van der Waals surface area contributed by atoms with Crippen LogP contribution in [0.1, 0.15) is 11.1 Å². The van der Waals surface area contributed by atoms with Gasteiger partial charge in [-0.1, -0.05) is 41.9 Å². The number of benzene rings is 3. The molecule has 2 unspecified atom stereocenters. The second-order valence-electron chi connectivity index (χ2n) is 7.27. The molecule has 0 fully saturated rings. The molecule has 0 saturated carbocycles. The lowest BCUT2D eigenvalue weighted by molar-refractivity contribution is 0.164. The van der Waals surface area contributed by atoms with Crippen molar-refractivity contribution < 1.29 is 13.5 Å². The summed E-state index contributed by atoms with van der Waals surface area (Å²) >= 11 is 6.04. The molecular weight excluding hydrogens is 420 g/mol. The van der Waals surface area contributed by atoms with Gasteiger partial charge in [-0.05, 0) is 60.5 Å². The Morgan fingerprint density at radius 2 is 1.60 bits per heavy atom. The van der Waals surface area contributed by atoms with Gasteiger partial charge in [0.25, 0.3) is 0 Å². The molecule has 1 aliphatic rings. The molecule has 0 bridgehead atoms. The van der Waals surface area contributed by atoms with Crippen molar-refractivity contribution >= 4 is 33.0 Å². The number of sulfone groups is 1. The summed E-state index contributed by atoms with van der Waals surface area (Å²) in [7, 11) is -3.30. The highest BCUT2D eigenvalue weighted by atomic mass is 35.5. The third kappa shape index (κ3) is 4.26. The van der Waals surface area contributed by atoms with E-state index in [1.54, 1.807) is 41.3 Å². The van der Waals surface area contributed by atoms with E-state index in [9.17, 15) is 13.5 Å². The molecule has 1 N–H and O–H groups in total. The average molecular weight is 441 g/mol. The Morgan fingerprint density at radius 1 is 0.967 bits per heavy atom. The van der Waals surface area contributed by atoms with Gasteiger partial charge in [-0.15, -0.1) is 0 Å². The van der Waals surface area contributed by atoms with Crippen LogP contribution < -0.4 is 4.90 Å². The molecule has 0 aromatic heterocycles. The fraction of sp³-hybridized carbons (Fsp3) is 0.174. The zero-order valence-corrected chi connectivity index (χ0v) is 17.9. The number of amidine groups is 1. The van der Waals surface area contributed by atoms with E-state index >= 15 is 0 Å². The Bertz CT molecular complexity index is 1160. The number of aliphatic hydroxyl groups excluding tert-OH is 1. The second-order valence-corrected chi connectivity index (χ2v) is 9.72. The minimum absolute atomic E-state index is 0.228. The minimum Gasteiger partial charge on any atom is -0.371 e. The molecule has 0 radical (unpaired) electrons. The summed E-state index contributed by atoms with van der Waals surface area (Å²) in [6.07, 6.45) is 0.861. The number of nitrogens with zero attached hydrogens (tertiary/aromatic N) is 2. The zero-order chi connectivity index (χ0) is 21.3. The van der Waals surface area contributed by atoms with Crippen molar-refractivity contribution in [1.29, 1.82) is 0 Å². The summed E-state index contributed by atoms with van der Waals surface area (Å²) < 4.78 is 23.6. The maximum absolute atomic E-state index is 11.8. The Labute approximate surface area is 181 Å². The van der Waals surface area contributed by atoms with Gasteiger partial charge in [0, 0.05) is 22.5 Å². The molecule has 0 spiro atoms. The highest BCUT2D eigenvalue weighted by Crippen LogP contribution is 2.30. The van der Waals surface area contributed by atoms with Gasteiger partial charge in [0.05, 0.1) is 4.90 Å². The summed E-state index contributed by atoms with van der Waals surface area (Å²) in [5, 5.41) is 11.8. The molecule has 0 aliphatic carbocycles. The van der Waals surface area contributed by atoms with Crippen LogP contribution in [0.15, 0.2) is 88.8 Å². The molecule has 1 aliphatic heterocycles. The lowest BCUT2D eigenvalue weighted by atomic mass is 10.1. The molecule has 7 heteroatoms. The quantitative estimate of drug-likeness (QED) is 0.652. The molecule has 1 heterocycles. The maximum atomic E-state index is 11.8. The molecule has 154 valence electrons. The third-order valence-corrected chi connectivity index (χ3v) is 6.44. The Morgan fingerprint density at radius 3 is 2.20 bits per heavy atom. The monoisotopic (exact) mass is 440 g/mol. The first kappa shape index (κ1) is 20.6. The summed E-state index contributed by atoms with van der Waals surface area (Å²) in [5.41, 5.74) is 2.57. The van der Waals surface area contributed by atoms with Crippen LogP contribution in [-0.2, 0) is 16.3 Å². The minimum atomic E-state index is -3.30. The van der Waals surface area contributed by atoms with E-state index in [1.165, 1.54) is 6.26 Å². The standard InChI is InChI=1S/C23H21ClN2O3S/c1-30(28,29)20-13-11-19(12-14-20)26-22(17-7-9-18(24)10-8-17)25-21(23(26)27)15-16-5-3-2-4-6-16/h2-14,21,23,27H,15H2,1H3. The van der Waals surface area contributed by atoms with Crippen LogP contribution in [0, 0.1) is 0 Å². The molecule has 30 heavy (non-hydrogen) atoms. The van der Waals surface area contributed by atoms with Crippen LogP contribution >= 0.6 is 11.6 Å². The van der Waals surface area contributed by atoms with Gasteiger partial charge < -0.3 is 5.11 Å². The molecule has 0 saturated heterocycles. The largest absolute Gasteiger partial charge is 0.371 e. The molecule has 4 rings (SSSR count). The van der Waals surface area contributed by atoms with Gasteiger partial charge in [-0.25, -0.2) is 8.42 Å². The Kier molecular flexibility index (Phi) is 5.64. The predicted octanol–water partition coefficient (Wildman–Crippen LogP) is 3.94. The van der Waals surface area contributed by atoms with Crippen LogP contribution in [-0.4, -0.2) is 37.9 Å². The first-order valence-electron chi connectivity index (χ1n) is 9.48. The van der Waals surface area contributed by atoms with Crippen molar-refractivity contribution in [1.82, 2.24) is 0 Å². The van der Waals surface area contributed by atoms with Crippen molar-refractivity contribution in [3.05, 3.63) is 95.0 Å². The number of hydrogen-bond donors (Lipinski definition) is 1. The SMILES string of the molecule is CS(=O)(=O)c1ccc(N2C(c3ccc(Cl)cc3)=NC(Cc3ccccc3)C2O)cc1. The van der Waals surface area contributed by atoms with E-state index in [0.717, 1.165) is 11.1 Å². The van der Waals surface area contributed by atoms with Gasteiger partial charge in [0.15, 0.2) is 16.1 Å². The van der Waals surface area contributed by atoms with Crippen molar-refractivity contribution in [2.45, 2.75) is 23.6 Å². The molecule has 0 amide bonds. The molecule has 3 aromatic carbocycles. The normalized spacial score (nSPS) is 19.0. The topological polar surface area (TPSA) is 70.0 Å². The van der Waals surface area contributed by atoms with E-state index in [2.05, 4.69) is 0 Å². The molecular formula is C23H21ClN2O3S. The van der Waals surface area contributed by atoms with Crippen molar-refractivity contribution in [2.75, 3.05) is 11.2 Å². The van der Waals surface area contributed by atoms with E-state index in [-0.39, 0.29) is 10.9 Å². The van der Waals surface area contributed by atoms with Crippen molar-refractivity contribution in [3.63, 3.8) is 0 Å². The van der Waals surface area contributed by atoms with E-state index < -0.39 is 16.1 Å². The number of aliphatic hydroxyl groups is 1. The molecule has 5 nitrogen and oxygen atoms in total. The van der Waals surface area contributed by atoms with Crippen molar-refractivity contribution in [2.24, 2.45) is 4.99 Å². The zero-order valence-electron chi connectivity index (χ0n) is 16.3. The Balaban J connectivity index is 1.73. The van der Waals surface area contributed by atoms with Crippen LogP contribution in [0.4, 0.5) is 5.69 Å². The Hall–Kier alpha value is -2.67. The first-order valence-corrected chi connectivity index (χ1v) is 11.7. The van der Waals surface area contributed by atoms with E-state index in [4.69, 9.17) is 16.6 Å². The van der Waals surface area contributed by atoms with Gasteiger partial charge in [0.1, 0.15) is 11.9 Å². The number of rotatable bonds is 5. The predicted molar refractivity (Wildman–Crippen MR) is 120 cm³/mol. The van der Waals surface area contributed by atoms with E-state index in [0.29, 0.717) is 23.0 Å². The smallest absolute Gasteiger partial charge is 0.175 e. The lowest BCUT2D eigenvalue weighted by Crippen LogP contribution is -2.40. The number of aliphatic imine (C=N–C) groups is 1. The maximum Gasteiger partial charge on any atom is 0.175 e. The second kappa shape index (κ2) is 8.22. The van der Waals surface area contributed by atoms with Gasteiger partial charge in [-0.3, -0.25) is 9.89 Å². The van der Waals surface area contributed by atoms with Crippen LogP contribution in [0.3, 0.4) is 0 Å². The summed E-state index contributed by atoms with van der Waals surface area (Å²) in [6.45, 7) is 0. The fourth-order valence-corrected chi connectivity index (χ4v) is 4.29. The van der Waals surface area contributed by atoms with Crippen molar-refractivity contribution in [3.8, 4) is 0 Å². The van der Waals surface area contributed by atoms with E-state index in [1.807, 2.05) is 42.5 Å². The first-order chi connectivity index (χ1) is 14.3. The molecule has 2 atom stereocenters. The number of halogens is 1. The lowest BCUT2D eigenvalue weighted by Gasteiger charge is -2.27. The average Bonchev–Trinajstić information content (AvgIpc) is 3.05. The number of anilines is 1. The molecule has 3 aromatic rings. The number of hydrogen-bond acceptors (Lipinski definition) is 5. The van der Waals surface area contributed by atoms with Crippen LogP contribution in [0.25, 0.3) is 0 Å². The highest BCUT2D eigenvalue weighted by molar-refractivity contribution is 7.90. The van der Waals surface area contributed by atoms with Crippen LogP contribution in [0.2, 0.25) is 5.02 Å². The van der Waals surface area contributed by atoms with Gasteiger partial charge in [-0.2, -0.15) is 0 Å². The van der Waals surface area contributed by atoms with Gasteiger partial charge >= 0.3 is 0 Å². The summed E-state index contributed by atoms with van der Waals surface area (Å²) in [5.74, 6) is 0.618. The van der Waals surface area contributed by atoms with Crippen LogP contribution in [0.5, 0.6) is 0 Å². The van der Waals surface area contributed by atoms with Gasteiger partial charge in [0.2, 0.25) is 0 Å².